The summed E-state index contributed by atoms with van der Waals surface area (Å²) in [6.07, 6.45) is 0.249. The van der Waals surface area contributed by atoms with Crippen molar-refractivity contribution in [3.05, 3.63) is 28.2 Å². The van der Waals surface area contributed by atoms with E-state index in [1.807, 2.05) is 0 Å². The third-order valence-corrected chi connectivity index (χ3v) is 3.40. The number of amides is 2. The Morgan fingerprint density at radius 1 is 1.28 bits per heavy atom. The third kappa shape index (κ3) is 2.68. The standard InChI is InChI=1S/C11H9BrN2O3S/c12-7-4-5(1-2-8(7)15)3-6-9(16)13-11(18)14-10(6)17/h1-2,4,6,15H,3H2,(H2,13,14,16,17,18). The van der Waals surface area contributed by atoms with Crippen LogP contribution in [0.25, 0.3) is 0 Å². The number of benzene rings is 1. The van der Waals surface area contributed by atoms with E-state index in [1.165, 1.54) is 6.07 Å². The van der Waals surface area contributed by atoms with Crippen LogP contribution in [0.1, 0.15) is 5.56 Å². The Morgan fingerprint density at radius 3 is 2.44 bits per heavy atom. The van der Waals surface area contributed by atoms with Gasteiger partial charge in [-0.2, -0.15) is 0 Å². The maximum Gasteiger partial charge on any atom is 0.239 e. The highest BCUT2D eigenvalue weighted by Gasteiger charge is 2.32. The van der Waals surface area contributed by atoms with Gasteiger partial charge in [-0.05, 0) is 52.3 Å². The summed E-state index contributed by atoms with van der Waals surface area (Å²) in [5, 5.41) is 14.2. The monoisotopic (exact) mass is 328 g/mol. The molecule has 2 rings (SSSR count). The first-order valence-electron chi connectivity index (χ1n) is 5.10. The zero-order valence-corrected chi connectivity index (χ0v) is 11.5. The van der Waals surface area contributed by atoms with E-state index < -0.39 is 17.7 Å². The summed E-state index contributed by atoms with van der Waals surface area (Å²) in [5.74, 6) is -1.52. The SMILES string of the molecule is O=C1NC(=S)NC(=O)C1Cc1ccc(O)c(Br)c1. The van der Waals surface area contributed by atoms with Gasteiger partial charge in [0.25, 0.3) is 0 Å². The summed E-state index contributed by atoms with van der Waals surface area (Å²) >= 11 is 7.89. The molecule has 0 spiro atoms. The number of phenolic OH excluding ortho intramolecular Hbond substituents is 1. The maximum absolute atomic E-state index is 11.7. The highest BCUT2D eigenvalue weighted by Crippen LogP contribution is 2.25. The number of carbonyl (C=O) groups is 2. The number of phenols is 1. The fourth-order valence-electron chi connectivity index (χ4n) is 1.65. The second-order valence-corrected chi connectivity index (χ2v) is 5.11. The van der Waals surface area contributed by atoms with Crippen LogP contribution in [0.5, 0.6) is 5.75 Å². The van der Waals surface area contributed by atoms with Crippen LogP contribution >= 0.6 is 28.1 Å². The average molecular weight is 329 g/mol. The van der Waals surface area contributed by atoms with Crippen LogP contribution in [-0.4, -0.2) is 22.0 Å². The molecule has 1 saturated heterocycles. The molecule has 18 heavy (non-hydrogen) atoms. The van der Waals surface area contributed by atoms with Crippen molar-refractivity contribution in [2.75, 3.05) is 0 Å². The highest BCUT2D eigenvalue weighted by atomic mass is 79.9. The predicted octanol–water partition coefficient (Wildman–Crippen LogP) is 0.844. The lowest BCUT2D eigenvalue weighted by Gasteiger charge is -2.22. The van der Waals surface area contributed by atoms with Crippen LogP contribution in [-0.2, 0) is 16.0 Å². The molecule has 1 fully saturated rings. The largest absolute Gasteiger partial charge is 0.507 e. The molecule has 0 radical (unpaired) electrons. The van der Waals surface area contributed by atoms with Crippen molar-refractivity contribution in [3.63, 3.8) is 0 Å². The molecule has 5 nitrogen and oxygen atoms in total. The number of nitrogens with one attached hydrogen (secondary N) is 2. The van der Waals surface area contributed by atoms with Crippen LogP contribution in [0.3, 0.4) is 0 Å². The number of carbonyl (C=O) groups excluding carboxylic acids is 2. The van der Waals surface area contributed by atoms with Crippen molar-refractivity contribution in [1.29, 1.82) is 0 Å². The Bertz CT molecular complexity index is 527. The second kappa shape index (κ2) is 5.03. The van der Waals surface area contributed by atoms with Crippen molar-refractivity contribution in [2.24, 2.45) is 5.92 Å². The zero-order valence-electron chi connectivity index (χ0n) is 9.07. The molecular formula is C11H9BrN2O3S. The molecule has 1 aromatic rings. The minimum Gasteiger partial charge on any atom is -0.507 e. The van der Waals surface area contributed by atoms with Crippen LogP contribution in [0.4, 0.5) is 0 Å². The molecule has 0 saturated carbocycles. The number of hydrogen-bond donors (Lipinski definition) is 3. The van der Waals surface area contributed by atoms with Crippen molar-refractivity contribution in [1.82, 2.24) is 10.6 Å². The molecule has 0 bridgehead atoms. The fraction of sp³-hybridized carbons (Fsp3) is 0.182. The summed E-state index contributed by atoms with van der Waals surface area (Å²) < 4.78 is 0.521. The van der Waals surface area contributed by atoms with Gasteiger partial charge in [0.15, 0.2) is 5.11 Å². The number of hydrogen-bond acceptors (Lipinski definition) is 4. The van der Waals surface area contributed by atoms with E-state index >= 15 is 0 Å². The quantitative estimate of drug-likeness (QED) is 0.555. The minimum atomic E-state index is -0.812. The van der Waals surface area contributed by atoms with Gasteiger partial charge in [0, 0.05) is 0 Å². The molecule has 7 heteroatoms. The average Bonchev–Trinajstić information content (AvgIpc) is 2.28. The van der Waals surface area contributed by atoms with Crippen LogP contribution < -0.4 is 10.6 Å². The number of rotatable bonds is 2. The van der Waals surface area contributed by atoms with Gasteiger partial charge in [-0.15, -0.1) is 0 Å². The van der Waals surface area contributed by atoms with Crippen LogP contribution in [0.2, 0.25) is 0 Å². The Morgan fingerprint density at radius 2 is 1.89 bits per heavy atom. The Labute approximate surface area is 117 Å². The summed E-state index contributed by atoms with van der Waals surface area (Å²) in [6, 6.07) is 4.83. The minimum absolute atomic E-state index is 0.0353. The van der Waals surface area contributed by atoms with E-state index in [1.54, 1.807) is 12.1 Å². The molecule has 0 aliphatic carbocycles. The molecule has 1 aliphatic rings. The normalized spacial score (nSPS) is 16.4. The van der Waals surface area contributed by atoms with Crippen LogP contribution in [0.15, 0.2) is 22.7 Å². The summed E-state index contributed by atoms with van der Waals surface area (Å²) in [5.41, 5.74) is 0.766. The number of thiocarbonyl (C=S) groups is 1. The molecule has 0 unspecified atom stereocenters. The molecule has 0 atom stereocenters. The van der Waals surface area contributed by atoms with E-state index in [-0.39, 0.29) is 17.3 Å². The lowest BCUT2D eigenvalue weighted by atomic mass is 9.96. The first kappa shape index (κ1) is 13.0. The van der Waals surface area contributed by atoms with E-state index in [0.717, 1.165) is 5.56 Å². The fourth-order valence-corrected chi connectivity index (χ4v) is 2.27. The molecule has 3 N–H and O–H groups in total. The number of halogens is 1. The van der Waals surface area contributed by atoms with Crippen LogP contribution in [0, 0.1) is 5.92 Å². The zero-order chi connectivity index (χ0) is 13.3. The molecular weight excluding hydrogens is 320 g/mol. The summed E-state index contributed by atoms with van der Waals surface area (Å²) in [4.78, 5) is 23.3. The van der Waals surface area contributed by atoms with E-state index in [0.29, 0.717) is 4.47 Å². The predicted molar refractivity (Wildman–Crippen MR) is 71.9 cm³/mol. The summed E-state index contributed by atoms with van der Waals surface area (Å²) in [7, 11) is 0. The van der Waals surface area contributed by atoms with Gasteiger partial charge in [-0.1, -0.05) is 6.07 Å². The molecule has 1 heterocycles. The van der Waals surface area contributed by atoms with Crippen molar-refractivity contribution >= 4 is 45.1 Å². The first-order valence-corrected chi connectivity index (χ1v) is 6.30. The molecule has 94 valence electrons. The van der Waals surface area contributed by atoms with Gasteiger partial charge in [-0.25, -0.2) is 0 Å². The van der Waals surface area contributed by atoms with Gasteiger partial charge in [-0.3, -0.25) is 9.59 Å². The molecule has 2 amide bonds. The molecule has 0 aromatic heterocycles. The van der Waals surface area contributed by atoms with E-state index in [2.05, 4.69) is 26.6 Å². The first-order chi connectivity index (χ1) is 8.47. The van der Waals surface area contributed by atoms with Gasteiger partial charge >= 0.3 is 0 Å². The van der Waals surface area contributed by atoms with Gasteiger partial charge in [0.2, 0.25) is 11.8 Å². The molecule has 1 aromatic carbocycles. The van der Waals surface area contributed by atoms with E-state index in [9.17, 15) is 14.7 Å². The smallest absolute Gasteiger partial charge is 0.239 e. The van der Waals surface area contributed by atoms with Gasteiger partial charge < -0.3 is 15.7 Å². The maximum atomic E-state index is 11.7. The van der Waals surface area contributed by atoms with Crippen molar-refractivity contribution in [2.45, 2.75) is 6.42 Å². The Hall–Kier alpha value is -1.47. The van der Waals surface area contributed by atoms with Crippen molar-refractivity contribution in [3.8, 4) is 5.75 Å². The second-order valence-electron chi connectivity index (χ2n) is 3.85. The number of aromatic hydroxyl groups is 1. The topological polar surface area (TPSA) is 78.4 Å². The van der Waals surface area contributed by atoms with Crippen molar-refractivity contribution < 1.29 is 14.7 Å². The third-order valence-electron chi connectivity index (χ3n) is 2.56. The van der Waals surface area contributed by atoms with Gasteiger partial charge in [0.05, 0.1) is 4.47 Å². The van der Waals surface area contributed by atoms with E-state index in [4.69, 9.17) is 12.2 Å². The molecule has 1 aliphatic heterocycles. The van der Waals surface area contributed by atoms with Gasteiger partial charge in [0.1, 0.15) is 11.7 Å². The highest BCUT2D eigenvalue weighted by molar-refractivity contribution is 9.10. The Balaban J connectivity index is 2.17. The lowest BCUT2D eigenvalue weighted by molar-refractivity contribution is -0.135. The lowest BCUT2D eigenvalue weighted by Crippen LogP contribution is -2.56. The summed E-state index contributed by atoms with van der Waals surface area (Å²) in [6.45, 7) is 0. The Kier molecular flexibility index (Phi) is 3.63.